The lowest BCUT2D eigenvalue weighted by Crippen LogP contribution is -2.55. The second-order valence-electron chi connectivity index (χ2n) is 10.8. The number of fused-ring (bicyclic) bond motifs is 4. The van der Waals surface area contributed by atoms with Crippen molar-refractivity contribution in [1.29, 1.82) is 0 Å². The molecule has 1 unspecified atom stereocenters. The Balaban J connectivity index is 1.58. The predicted octanol–water partition coefficient (Wildman–Crippen LogP) is 5.83. The summed E-state index contributed by atoms with van der Waals surface area (Å²) in [5, 5.41) is 1.08. The number of rotatable bonds is 12. The van der Waals surface area contributed by atoms with Gasteiger partial charge in [0, 0.05) is 30.1 Å². The first-order valence-corrected chi connectivity index (χ1v) is 15.2. The highest BCUT2D eigenvalue weighted by Gasteiger charge is 2.62. The number of anilines is 1. The molecule has 0 aliphatic carbocycles. The molecule has 2 fully saturated rings. The molecule has 0 N–H and O–H groups in total. The third-order valence-electron chi connectivity index (χ3n) is 8.98. The van der Waals surface area contributed by atoms with Gasteiger partial charge in [-0.05, 0) is 55.7 Å². The molecule has 3 aliphatic rings. The Bertz CT molecular complexity index is 982. The summed E-state index contributed by atoms with van der Waals surface area (Å²) in [7, 11) is 3.00. The zero-order valence-electron chi connectivity index (χ0n) is 22.7. The van der Waals surface area contributed by atoms with E-state index < -0.39 is 5.41 Å². The summed E-state index contributed by atoms with van der Waals surface area (Å²) in [5.41, 5.74) is 2.31. The van der Waals surface area contributed by atoms with Crippen LogP contribution in [0.25, 0.3) is 0 Å². The number of piperidine rings is 1. The number of hydrogen-bond acceptors (Lipinski definition) is 5. The van der Waals surface area contributed by atoms with Crippen molar-refractivity contribution in [3.63, 3.8) is 0 Å². The number of halogens is 1. The van der Waals surface area contributed by atoms with Crippen molar-refractivity contribution >= 4 is 33.5 Å². The molecule has 1 spiro atoms. The van der Waals surface area contributed by atoms with E-state index in [4.69, 9.17) is 9.47 Å². The van der Waals surface area contributed by atoms with E-state index in [2.05, 4.69) is 56.9 Å². The molecule has 4 rings (SSSR count). The topological polar surface area (TPSA) is 59.1 Å². The van der Waals surface area contributed by atoms with Gasteiger partial charge in [-0.15, -0.1) is 0 Å². The van der Waals surface area contributed by atoms with Crippen LogP contribution in [0.4, 0.5) is 5.69 Å². The van der Waals surface area contributed by atoms with Crippen LogP contribution >= 0.6 is 15.9 Å². The summed E-state index contributed by atoms with van der Waals surface area (Å²) < 4.78 is 10.5. The minimum atomic E-state index is -0.544. The molecule has 2 saturated heterocycles. The lowest BCUT2D eigenvalue weighted by Gasteiger charge is -2.45. The summed E-state index contributed by atoms with van der Waals surface area (Å²) in [5.74, 6) is 0.243. The molecule has 1 amide bonds. The molecule has 0 aromatic heterocycles. The number of alkyl halides is 1. The minimum Gasteiger partial charge on any atom is -0.504 e. The number of carbonyl (C=O) groups excluding carboxylic acids is 2. The molecule has 0 saturated carbocycles. The van der Waals surface area contributed by atoms with Crippen molar-refractivity contribution < 1.29 is 19.1 Å². The summed E-state index contributed by atoms with van der Waals surface area (Å²) in [6.07, 6.45) is 11.3. The van der Waals surface area contributed by atoms with Crippen LogP contribution in [0, 0.1) is 11.8 Å². The first-order chi connectivity index (χ1) is 18.0. The van der Waals surface area contributed by atoms with Crippen molar-refractivity contribution in [3.05, 3.63) is 41.7 Å². The highest BCUT2D eigenvalue weighted by atomic mass is 79.9. The molecule has 204 valence electrons. The van der Waals surface area contributed by atoms with Gasteiger partial charge >= 0.3 is 5.97 Å². The molecule has 7 heteroatoms. The fraction of sp³-hybridized carbons (Fsp3) is 0.667. The molecule has 4 atom stereocenters. The first-order valence-electron chi connectivity index (χ1n) is 14.1. The third kappa shape index (κ3) is 5.36. The lowest BCUT2D eigenvalue weighted by molar-refractivity contribution is -0.137. The maximum atomic E-state index is 14.4. The zero-order chi connectivity index (χ0) is 26.4. The van der Waals surface area contributed by atoms with Crippen molar-refractivity contribution in [2.45, 2.75) is 76.2 Å². The quantitative estimate of drug-likeness (QED) is 0.103. The second-order valence-corrected chi connectivity index (χ2v) is 11.6. The van der Waals surface area contributed by atoms with Crippen LogP contribution < -0.4 is 4.90 Å². The average Bonchev–Trinajstić information content (AvgIpc) is 3.41. The molecule has 1 aromatic rings. The fourth-order valence-electron chi connectivity index (χ4n) is 7.12. The Morgan fingerprint density at radius 1 is 1.14 bits per heavy atom. The summed E-state index contributed by atoms with van der Waals surface area (Å²) in [6.45, 7) is 4.76. The number of methoxy groups -OCH3 is 2. The van der Waals surface area contributed by atoms with Gasteiger partial charge in [-0.1, -0.05) is 73.2 Å². The Morgan fingerprint density at radius 2 is 1.86 bits per heavy atom. The standard InChI is InChI=1S/C30H43BrN2O4/c1-4-22-20-32-18-15-30(27(32)19-23(22)24(21-36-2)28(34)37-3)25-13-9-10-14-26(25)33(29(30)35)17-12-8-6-5-7-11-16-31/h9-10,13-14,21-23,27H,4-8,11-12,15-20H2,1-3H3/b24-21+/t22-,23-,27?,30+/m0/s1. The Morgan fingerprint density at radius 3 is 2.57 bits per heavy atom. The van der Waals surface area contributed by atoms with E-state index in [9.17, 15) is 9.59 Å². The van der Waals surface area contributed by atoms with Crippen LogP contribution in [0.15, 0.2) is 36.1 Å². The van der Waals surface area contributed by atoms with E-state index in [0.717, 1.165) is 62.8 Å². The minimum absolute atomic E-state index is 0.00200. The van der Waals surface area contributed by atoms with E-state index >= 15 is 0 Å². The molecule has 0 radical (unpaired) electrons. The Hall–Kier alpha value is -1.86. The van der Waals surface area contributed by atoms with Crippen LogP contribution in [-0.2, 0) is 24.5 Å². The van der Waals surface area contributed by atoms with Gasteiger partial charge in [0.2, 0.25) is 5.91 Å². The molecular formula is C30H43BrN2O4. The van der Waals surface area contributed by atoms with Crippen molar-refractivity contribution in [3.8, 4) is 0 Å². The highest BCUT2D eigenvalue weighted by Crippen LogP contribution is 2.55. The number of unbranched alkanes of at least 4 members (excludes halogenated alkanes) is 5. The first kappa shape index (κ1) is 28.2. The maximum absolute atomic E-state index is 14.4. The number of esters is 1. The molecule has 3 heterocycles. The normalized spacial score (nSPS) is 27.5. The second kappa shape index (κ2) is 12.8. The summed E-state index contributed by atoms with van der Waals surface area (Å²) in [4.78, 5) is 31.7. The molecule has 6 nitrogen and oxygen atoms in total. The molecule has 1 aromatic carbocycles. The molecular weight excluding hydrogens is 532 g/mol. The predicted molar refractivity (Wildman–Crippen MR) is 151 cm³/mol. The van der Waals surface area contributed by atoms with Gasteiger partial charge < -0.3 is 14.4 Å². The van der Waals surface area contributed by atoms with Crippen LogP contribution in [0.2, 0.25) is 0 Å². The van der Waals surface area contributed by atoms with Gasteiger partial charge in [0.15, 0.2) is 0 Å². The van der Waals surface area contributed by atoms with Crippen LogP contribution in [0.1, 0.15) is 70.3 Å². The summed E-state index contributed by atoms with van der Waals surface area (Å²) >= 11 is 3.51. The third-order valence-corrected chi connectivity index (χ3v) is 9.54. The molecule has 37 heavy (non-hydrogen) atoms. The SMILES string of the molecule is CC[C@H]1CN2CC[C@]3(C(=O)N(CCCCCCCCBr)c4ccccc43)C2C[C@@H]1/C(=C\OC)C(=O)OC. The average molecular weight is 576 g/mol. The zero-order valence-corrected chi connectivity index (χ0v) is 24.3. The van der Waals surface area contributed by atoms with E-state index in [1.165, 1.54) is 38.4 Å². The highest BCUT2D eigenvalue weighted by molar-refractivity contribution is 9.09. The van der Waals surface area contributed by atoms with Gasteiger partial charge in [-0.3, -0.25) is 9.69 Å². The molecule has 0 bridgehead atoms. The number of para-hydroxylation sites is 1. The lowest BCUT2D eigenvalue weighted by atomic mass is 9.67. The van der Waals surface area contributed by atoms with Gasteiger partial charge in [0.1, 0.15) is 0 Å². The maximum Gasteiger partial charge on any atom is 0.337 e. The Labute approximate surface area is 230 Å². The van der Waals surface area contributed by atoms with Crippen LogP contribution in [-0.4, -0.2) is 62.0 Å². The van der Waals surface area contributed by atoms with Crippen LogP contribution in [0.3, 0.4) is 0 Å². The van der Waals surface area contributed by atoms with Crippen molar-refractivity contribution in [2.75, 3.05) is 44.1 Å². The number of ether oxygens (including phenoxy) is 2. The van der Waals surface area contributed by atoms with Crippen molar-refractivity contribution in [1.82, 2.24) is 4.90 Å². The van der Waals surface area contributed by atoms with E-state index in [1.807, 2.05) is 0 Å². The largest absolute Gasteiger partial charge is 0.504 e. The summed E-state index contributed by atoms with van der Waals surface area (Å²) in [6, 6.07) is 8.49. The van der Waals surface area contributed by atoms with Gasteiger partial charge in [-0.25, -0.2) is 4.79 Å². The fourth-order valence-corrected chi connectivity index (χ4v) is 7.52. The number of hydrogen-bond donors (Lipinski definition) is 0. The van der Waals surface area contributed by atoms with Gasteiger partial charge in [0.05, 0.1) is 31.5 Å². The van der Waals surface area contributed by atoms with Crippen LogP contribution in [0.5, 0.6) is 0 Å². The van der Waals surface area contributed by atoms with Crippen molar-refractivity contribution in [2.24, 2.45) is 11.8 Å². The molecule has 3 aliphatic heterocycles. The van der Waals surface area contributed by atoms with E-state index in [0.29, 0.717) is 11.5 Å². The van der Waals surface area contributed by atoms with Gasteiger partial charge in [-0.2, -0.15) is 0 Å². The number of carbonyl (C=O) groups is 2. The number of benzene rings is 1. The van der Waals surface area contributed by atoms with E-state index in [-0.39, 0.29) is 23.8 Å². The monoisotopic (exact) mass is 574 g/mol. The Kier molecular flexibility index (Phi) is 9.73. The van der Waals surface area contributed by atoms with Gasteiger partial charge in [0.25, 0.3) is 0 Å². The van der Waals surface area contributed by atoms with E-state index in [1.54, 1.807) is 13.4 Å². The number of nitrogens with zero attached hydrogens (tertiary/aromatic N) is 2. The number of amides is 1. The smallest absolute Gasteiger partial charge is 0.337 e.